The van der Waals surface area contributed by atoms with Crippen LogP contribution in [0.1, 0.15) is 41.4 Å². The summed E-state index contributed by atoms with van der Waals surface area (Å²) >= 11 is 0. The SMILES string of the molecule is Cn1c(-c2nc3cc(NCc4ccccc4)ccc3n2C2CCC2)nc(C(=O)Nc2cnoc2)c(O)c1=O. The summed E-state index contributed by atoms with van der Waals surface area (Å²) in [6.45, 7) is 0.668. The van der Waals surface area contributed by atoms with E-state index in [0.29, 0.717) is 12.4 Å². The van der Waals surface area contributed by atoms with Crippen LogP contribution in [0.3, 0.4) is 0 Å². The monoisotopic (exact) mass is 511 g/mol. The van der Waals surface area contributed by atoms with Crippen LogP contribution in [0, 0.1) is 0 Å². The van der Waals surface area contributed by atoms with E-state index in [-0.39, 0.29) is 17.6 Å². The number of nitrogens with zero attached hydrogens (tertiary/aromatic N) is 5. The molecule has 0 aliphatic heterocycles. The molecule has 11 heteroatoms. The number of imidazole rings is 1. The lowest BCUT2D eigenvalue weighted by Crippen LogP contribution is -2.27. The largest absolute Gasteiger partial charge is 0.501 e. The van der Waals surface area contributed by atoms with Gasteiger partial charge in [-0.05, 0) is 43.0 Å². The first-order valence-corrected chi connectivity index (χ1v) is 12.3. The molecule has 0 radical (unpaired) electrons. The Bertz CT molecular complexity index is 1690. The third kappa shape index (κ3) is 4.17. The standard InChI is InChI=1S/C27H25N7O4/c1-33-24(32-22(23(35)27(33)37)26(36)30-18-14-29-38-15-18)25-31-20-12-17(28-13-16-6-3-2-4-7-16)10-11-21(20)34(25)19-8-5-9-19/h2-4,6-7,10-12,14-15,19,28,35H,5,8-9,13H2,1H3,(H,30,36). The Morgan fingerprint density at radius 2 is 1.92 bits per heavy atom. The van der Waals surface area contributed by atoms with Crippen molar-refractivity contribution in [1.29, 1.82) is 0 Å². The lowest BCUT2D eigenvalue weighted by atomic mass is 9.92. The van der Waals surface area contributed by atoms with Crippen molar-refractivity contribution in [3.8, 4) is 17.4 Å². The molecule has 3 N–H and O–H groups in total. The highest BCUT2D eigenvalue weighted by atomic mass is 16.5. The fourth-order valence-corrected chi connectivity index (χ4v) is 4.59. The van der Waals surface area contributed by atoms with Gasteiger partial charge in [0.05, 0.1) is 17.2 Å². The van der Waals surface area contributed by atoms with Crippen LogP contribution in [0.5, 0.6) is 5.75 Å². The molecule has 2 aromatic carbocycles. The minimum Gasteiger partial charge on any atom is -0.501 e. The summed E-state index contributed by atoms with van der Waals surface area (Å²) in [5.41, 5.74) is 2.84. The average molecular weight is 512 g/mol. The van der Waals surface area contributed by atoms with Gasteiger partial charge in [-0.2, -0.15) is 0 Å². The van der Waals surface area contributed by atoms with Crippen LogP contribution in [-0.2, 0) is 13.6 Å². The van der Waals surface area contributed by atoms with Crippen LogP contribution < -0.4 is 16.2 Å². The highest BCUT2D eigenvalue weighted by Crippen LogP contribution is 2.38. The lowest BCUT2D eigenvalue weighted by Gasteiger charge is -2.29. The third-order valence-electron chi connectivity index (χ3n) is 6.84. The van der Waals surface area contributed by atoms with Crippen molar-refractivity contribution in [3.63, 3.8) is 0 Å². The van der Waals surface area contributed by atoms with Crippen molar-refractivity contribution in [1.82, 2.24) is 24.3 Å². The van der Waals surface area contributed by atoms with Gasteiger partial charge >= 0.3 is 0 Å². The van der Waals surface area contributed by atoms with E-state index in [0.717, 1.165) is 41.5 Å². The molecule has 0 unspecified atom stereocenters. The lowest BCUT2D eigenvalue weighted by molar-refractivity contribution is 0.101. The number of hydrogen-bond acceptors (Lipinski definition) is 8. The van der Waals surface area contributed by atoms with E-state index < -0.39 is 22.9 Å². The Labute approximate surface area is 216 Å². The van der Waals surface area contributed by atoms with Gasteiger partial charge in [-0.15, -0.1) is 0 Å². The topological polar surface area (TPSA) is 140 Å². The molecule has 192 valence electrons. The number of benzene rings is 2. The first kappa shape index (κ1) is 23.5. The molecule has 1 aliphatic carbocycles. The van der Waals surface area contributed by atoms with Crippen LogP contribution in [0.2, 0.25) is 0 Å². The average Bonchev–Trinajstić information content (AvgIpc) is 3.54. The third-order valence-corrected chi connectivity index (χ3v) is 6.84. The van der Waals surface area contributed by atoms with Gasteiger partial charge in [0.1, 0.15) is 12.0 Å². The Hall–Kier alpha value is -4.93. The zero-order valence-electron chi connectivity index (χ0n) is 20.6. The summed E-state index contributed by atoms with van der Waals surface area (Å²) in [6.07, 6.45) is 5.57. The summed E-state index contributed by atoms with van der Waals surface area (Å²) in [5, 5.41) is 20.0. The number of rotatable bonds is 7. The maximum absolute atomic E-state index is 13.0. The smallest absolute Gasteiger partial charge is 0.296 e. The molecule has 11 nitrogen and oxygen atoms in total. The molecule has 6 rings (SSSR count). The van der Waals surface area contributed by atoms with Crippen molar-refractivity contribution in [2.75, 3.05) is 10.6 Å². The molecule has 3 aromatic heterocycles. The van der Waals surface area contributed by atoms with Crippen molar-refractivity contribution < 1.29 is 14.4 Å². The Morgan fingerprint density at radius 3 is 2.63 bits per heavy atom. The van der Waals surface area contributed by atoms with Crippen LogP contribution >= 0.6 is 0 Å². The Balaban J connectivity index is 1.42. The second-order valence-corrected chi connectivity index (χ2v) is 9.30. The second-order valence-electron chi connectivity index (χ2n) is 9.30. The van der Waals surface area contributed by atoms with Gasteiger partial charge in [-0.25, -0.2) is 9.97 Å². The number of carbonyl (C=O) groups excluding carboxylic acids is 1. The van der Waals surface area contributed by atoms with Crippen molar-refractivity contribution >= 4 is 28.3 Å². The molecular formula is C27H25N7O4. The molecule has 1 saturated carbocycles. The predicted molar refractivity (Wildman–Crippen MR) is 141 cm³/mol. The van der Waals surface area contributed by atoms with E-state index in [1.165, 1.54) is 24.1 Å². The molecule has 5 aromatic rings. The summed E-state index contributed by atoms with van der Waals surface area (Å²) in [6, 6.07) is 16.3. The second kappa shape index (κ2) is 9.51. The normalized spacial score (nSPS) is 13.4. The zero-order chi connectivity index (χ0) is 26.2. The van der Waals surface area contributed by atoms with E-state index in [2.05, 4.69) is 37.5 Å². The number of aromatic nitrogens is 5. The highest BCUT2D eigenvalue weighted by molar-refractivity contribution is 6.04. The summed E-state index contributed by atoms with van der Waals surface area (Å²) in [4.78, 5) is 35.1. The molecule has 1 aliphatic rings. The molecular weight excluding hydrogens is 486 g/mol. The molecule has 38 heavy (non-hydrogen) atoms. The summed E-state index contributed by atoms with van der Waals surface area (Å²) in [7, 11) is 1.50. The Morgan fingerprint density at radius 1 is 1.11 bits per heavy atom. The molecule has 1 amide bonds. The molecule has 0 bridgehead atoms. The van der Waals surface area contributed by atoms with E-state index in [9.17, 15) is 14.7 Å². The van der Waals surface area contributed by atoms with Crippen LogP contribution in [-0.4, -0.2) is 35.3 Å². The molecule has 1 fully saturated rings. The minimum absolute atomic E-state index is 0.185. The summed E-state index contributed by atoms with van der Waals surface area (Å²) in [5.74, 6) is -0.860. The van der Waals surface area contributed by atoms with Gasteiger partial charge in [-0.1, -0.05) is 35.5 Å². The molecule has 3 heterocycles. The van der Waals surface area contributed by atoms with Gasteiger partial charge < -0.3 is 24.8 Å². The van der Waals surface area contributed by atoms with Gasteiger partial charge in [0.15, 0.2) is 17.3 Å². The number of hydrogen-bond donors (Lipinski definition) is 3. The zero-order valence-corrected chi connectivity index (χ0v) is 20.6. The van der Waals surface area contributed by atoms with Crippen molar-refractivity contribution in [2.24, 2.45) is 7.05 Å². The number of amides is 1. The quantitative estimate of drug-likeness (QED) is 0.297. The summed E-state index contributed by atoms with van der Waals surface area (Å²) < 4.78 is 8.03. The van der Waals surface area contributed by atoms with E-state index >= 15 is 0 Å². The van der Waals surface area contributed by atoms with Gasteiger partial charge in [0.2, 0.25) is 5.75 Å². The maximum atomic E-state index is 13.0. The number of nitrogens with one attached hydrogen (secondary N) is 2. The maximum Gasteiger partial charge on any atom is 0.296 e. The van der Waals surface area contributed by atoms with E-state index in [1.54, 1.807) is 0 Å². The Kier molecular flexibility index (Phi) is 5.87. The number of aromatic hydroxyl groups is 1. The number of anilines is 2. The van der Waals surface area contributed by atoms with Crippen LogP contribution in [0.25, 0.3) is 22.7 Å². The van der Waals surface area contributed by atoms with Crippen LogP contribution in [0.4, 0.5) is 11.4 Å². The van der Waals surface area contributed by atoms with Crippen molar-refractivity contribution in [3.05, 3.63) is 82.6 Å². The van der Waals surface area contributed by atoms with Gasteiger partial charge in [0, 0.05) is 25.3 Å². The molecule has 0 saturated heterocycles. The fourth-order valence-electron chi connectivity index (χ4n) is 4.59. The van der Waals surface area contributed by atoms with Crippen LogP contribution in [0.15, 0.2) is 70.3 Å². The molecule has 0 spiro atoms. The van der Waals surface area contributed by atoms with Gasteiger partial charge in [0.25, 0.3) is 11.5 Å². The van der Waals surface area contributed by atoms with Gasteiger partial charge in [-0.3, -0.25) is 14.2 Å². The van der Waals surface area contributed by atoms with E-state index in [1.807, 2.05) is 36.4 Å². The first-order valence-electron chi connectivity index (χ1n) is 12.3. The first-order chi connectivity index (χ1) is 18.5. The van der Waals surface area contributed by atoms with Crippen molar-refractivity contribution in [2.45, 2.75) is 31.8 Å². The number of fused-ring (bicyclic) bond motifs is 1. The number of carbonyl (C=O) groups is 1. The highest BCUT2D eigenvalue weighted by Gasteiger charge is 2.29. The fraction of sp³-hybridized carbons (Fsp3) is 0.222. The van der Waals surface area contributed by atoms with E-state index in [4.69, 9.17) is 9.51 Å². The predicted octanol–water partition coefficient (Wildman–Crippen LogP) is 4.08. The molecule has 0 atom stereocenters. The minimum atomic E-state index is -0.761.